The van der Waals surface area contributed by atoms with Crippen molar-refractivity contribution in [3.63, 3.8) is 0 Å². The maximum Gasteiger partial charge on any atom is 0.300 e. The highest BCUT2D eigenvalue weighted by molar-refractivity contribution is 6.51. The zero-order chi connectivity index (χ0) is 25.1. The van der Waals surface area contributed by atoms with Gasteiger partial charge in [0, 0.05) is 11.3 Å². The fraction of sp³-hybridized carbons (Fsp3) is 0.267. The molecular formula is C30H30FNO3. The van der Waals surface area contributed by atoms with Gasteiger partial charge in [0.1, 0.15) is 11.6 Å². The molecule has 0 aliphatic carbocycles. The number of amides is 1. The molecule has 1 heterocycles. The lowest BCUT2D eigenvalue weighted by molar-refractivity contribution is -0.132. The molecule has 4 rings (SSSR count). The SMILES string of the molecule is CCCCc1ccc(N2C(=O)C(=O)/C(=C(\O)c3ccc(F)c(C)c3)C2c2ccc(CC)cc2)cc1. The maximum absolute atomic E-state index is 13.9. The van der Waals surface area contributed by atoms with Crippen LogP contribution in [-0.4, -0.2) is 16.8 Å². The van der Waals surface area contributed by atoms with E-state index in [-0.39, 0.29) is 11.3 Å². The first-order chi connectivity index (χ1) is 16.8. The largest absolute Gasteiger partial charge is 0.507 e. The van der Waals surface area contributed by atoms with Crippen molar-refractivity contribution in [1.29, 1.82) is 0 Å². The third-order valence-electron chi connectivity index (χ3n) is 6.61. The molecule has 5 heteroatoms. The third kappa shape index (κ3) is 4.76. The van der Waals surface area contributed by atoms with Crippen molar-refractivity contribution in [3.05, 3.63) is 106 Å². The van der Waals surface area contributed by atoms with E-state index in [0.29, 0.717) is 16.8 Å². The van der Waals surface area contributed by atoms with E-state index >= 15 is 0 Å². The molecule has 35 heavy (non-hydrogen) atoms. The summed E-state index contributed by atoms with van der Waals surface area (Å²) in [6.07, 6.45) is 3.97. The van der Waals surface area contributed by atoms with Gasteiger partial charge in [0.2, 0.25) is 0 Å². The van der Waals surface area contributed by atoms with Crippen molar-refractivity contribution in [2.24, 2.45) is 0 Å². The van der Waals surface area contributed by atoms with Gasteiger partial charge in [-0.05, 0) is 78.8 Å². The fourth-order valence-electron chi connectivity index (χ4n) is 4.50. The van der Waals surface area contributed by atoms with E-state index < -0.39 is 23.5 Å². The first kappa shape index (κ1) is 24.4. The Morgan fingerprint density at radius 3 is 2.20 bits per heavy atom. The number of aliphatic hydroxyl groups is 1. The Balaban J connectivity index is 1.86. The van der Waals surface area contributed by atoms with Crippen molar-refractivity contribution in [2.45, 2.75) is 52.5 Å². The van der Waals surface area contributed by atoms with Crippen LogP contribution >= 0.6 is 0 Å². The van der Waals surface area contributed by atoms with Crippen molar-refractivity contribution >= 4 is 23.1 Å². The second-order valence-corrected chi connectivity index (χ2v) is 9.00. The summed E-state index contributed by atoms with van der Waals surface area (Å²) in [5, 5.41) is 11.2. The molecule has 0 aromatic heterocycles. The monoisotopic (exact) mass is 471 g/mol. The Labute approximate surface area is 205 Å². The molecule has 180 valence electrons. The minimum atomic E-state index is -0.798. The maximum atomic E-state index is 13.9. The number of aryl methyl sites for hydroxylation is 3. The van der Waals surface area contributed by atoms with Gasteiger partial charge in [-0.15, -0.1) is 0 Å². The summed E-state index contributed by atoms with van der Waals surface area (Å²) in [7, 11) is 0. The van der Waals surface area contributed by atoms with Gasteiger partial charge < -0.3 is 5.11 Å². The number of unbranched alkanes of at least 4 members (excludes halogenated alkanes) is 1. The number of hydrogen-bond acceptors (Lipinski definition) is 3. The molecule has 1 unspecified atom stereocenters. The number of aliphatic hydroxyl groups excluding tert-OH is 1. The summed E-state index contributed by atoms with van der Waals surface area (Å²) in [6, 6.07) is 18.7. The Morgan fingerprint density at radius 1 is 0.943 bits per heavy atom. The van der Waals surface area contributed by atoms with Crippen LogP contribution < -0.4 is 4.90 Å². The summed E-state index contributed by atoms with van der Waals surface area (Å²) in [5.41, 5.74) is 4.24. The summed E-state index contributed by atoms with van der Waals surface area (Å²) >= 11 is 0. The van der Waals surface area contributed by atoms with Crippen LogP contribution in [-0.2, 0) is 22.4 Å². The minimum Gasteiger partial charge on any atom is -0.507 e. The number of carbonyl (C=O) groups is 2. The summed E-state index contributed by atoms with van der Waals surface area (Å²) < 4.78 is 13.9. The molecule has 3 aromatic rings. The van der Waals surface area contributed by atoms with Crippen molar-refractivity contribution in [1.82, 2.24) is 0 Å². The molecule has 1 saturated heterocycles. The second-order valence-electron chi connectivity index (χ2n) is 9.00. The van der Waals surface area contributed by atoms with Gasteiger partial charge in [-0.3, -0.25) is 14.5 Å². The number of nitrogens with zero attached hydrogens (tertiary/aromatic N) is 1. The Bertz CT molecular complexity index is 1280. The topological polar surface area (TPSA) is 57.6 Å². The average molecular weight is 472 g/mol. The highest BCUT2D eigenvalue weighted by Crippen LogP contribution is 2.42. The fourth-order valence-corrected chi connectivity index (χ4v) is 4.50. The lowest BCUT2D eigenvalue weighted by atomic mass is 9.94. The molecule has 1 fully saturated rings. The van der Waals surface area contributed by atoms with E-state index in [2.05, 4.69) is 13.8 Å². The van der Waals surface area contributed by atoms with Crippen LogP contribution in [0.25, 0.3) is 5.76 Å². The molecule has 3 aromatic carbocycles. The van der Waals surface area contributed by atoms with Crippen molar-refractivity contribution in [2.75, 3.05) is 4.90 Å². The van der Waals surface area contributed by atoms with E-state index in [1.165, 1.54) is 23.1 Å². The number of halogens is 1. The van der Waals surface area contributed by atoms with Crippen LogP contribution in [0.5, 0.6) is 0 Å². The summed E-state index contributed by atoms with van der Waals surface area (Å²) in [4.78, 5) is 28.0. The molecular weight excluding hydrogens is 441 g/mol. The lowest BCUT2D eigenvalue weighted by Gasteiger charge is -2.26. The van der Waals surface area contributed by atoms with E-state index in [1.54, 1.807) is 6.92 Å². The Morgan fingerprint density at radius 2 is 1.60 bits per heavy atom. The van der Waals surface area contributed by atoms with Crippen LogP contribution in [0.15, 0.2) is 72.3 Å². The van der Waals surface area contributed by atoms with Gasteiger partial charge in [0.25, 0.3) is 11.7 Å². The molecule has 0 saturated carbocycles. The summed E-state index contributed by atoms with van der Waals surface area (Å²) in [6.45, 7) is 5.78. The first-order valence-electron chi connectivity index (χ1n) is 12.1. The van der Waals surface area contributed by atoms with Gasteiger partial charge in [-0.1, -0.05) is 56.7 Å². The Kier molecular flexibility index (Phi) is 7.15. The molecule has 1 amide bonds. The number of hydrogen-bond donors (Lipinski definition) is 1. The number of benzene rings is 3. The second kappa shape index (κ2) is 10.3. The van der Waals surface area contributed by atoms with E-state index in [0.717, 1.165) is 42.4 Å². The predicted molar refractivity (Wildman–Crippen MR) is 137 cm³/mol. The number of anilines is 1. The minimum absolute atomic E-state index is 0.000293. The molecule has 0 bridgehead atoms. The molecule has 1 atom stereocenters. The van der Waals surface area contributed by atoms with Crippen LogP contribution in [0.2, 0.25) is 0 Å². The van der Waals surface area contributed by atoms with Crippen LogP contribution in [0.1, 0.15) is 60.5 Å². The normalized spacial score (nSPS) is 17.3. The molecule has 1 aliphatic heterocycles. The summed E-state index contributed by atoms with van der Waals surface area (Å²) in [5.74, 6) is -2.17. The zero-order valence-electron chi connectivity index (χ0n) is 20.3. The third-order valence-corrected chi connectivity index (χ3v) is 6.61. The average Bonchev–Trinajstić information content (AvgIpc) is 3.14. The van der Waals surface area contributed by atoms with Gasteiger partial charge in [0.05, 0.1) is 11.6 Å². The van der Waals surface area contributed by atoms with Gasteiger partial charge >= 0.3 is 0 Å². The number of rotatable bonds is 7. The number of Topliss-reactive ketones (excluding diaryl/α,β-unsaturated/α-hetero) is 1. The quantitative estimate of drug-likeness (QED) is 0.238. The van der Waals surface area contributed by atoms with Crippen LogP contribution in [0.4, 0.5) is 10.1 Å². The molecule has 1 aliphatic rings. The predicted octanol–water partition coefficient (Wildman–Crippen LogP) is 6.67. The van der Waals surface area contributed by atoms with Crippen LogP contribution in [0.3, 0.4) is 0 Å². The van der Waals surface area contributed by atoms with Crippen molar-refractivity contribution < 1.29 is 19.1 Å². The zero-order valence-corrected chi connectivity index (χ0v) is 20.3. The van der Waals surface area contributed by atoms with E-state index in [1.807, 2.05) is 48.5 Å². The highest BCUT2D eigenvalue weighted by atomic mass is 19.1. The Hall–Kier alpha value is -3.73. The first-order valence-corrected chi connectivity index (χ1v) is 12.1. The van der Waals surface area contributed by atoms with Gasteiger partial charge in [-0.25, -0.2) is 4.39 Å². The standard InChI is InChI=1S/C30H30FNO3/c1-4-6-7-21-10-15-24(16-11-21)32-27(22-12-8-20(5-2)9-13-22)26(29(34)30(32)35)28(33)23-14-17-25(31)19(3)18-23/h8-18,27,33H,4-7H2,1-3H3/b28-26-. The molecule has 0 spiro atoms. The molecule has 1 N–H and O–H groups in total. The lowest BCUT2D eigenvalue weighted by Crippen LogP contribution is -2.29. The van der Waals surface area contributed by atoms with Crippen LogP contribution in [0, 0.1) is 12.7 Å². The highest BCUT2D eigenvalue weighted by Gasteiger charge is 2.47. The smallest absolute Gasteiger partial charge is 0.300 e. The number of ketones is 1. The van der Waals surface area contributed by atoms with E-state index in [4.69, 9.17) is 0 Å². The van der Waals surface area contributed by atoms with Crippen molar-refractivity contribution in [3.8, 4) is 0 Å². The van der Waals surface area contributed by atoms with Gasteiger partial charge in [-0.2, -0.15) is 0 Å². The van der Waals surface area contributed by atoms with Gasteiger partial charge in [0.15, 0.2) is 0 Å². The molecule has 4 nitrogen and oxygen atoms in total. The number of carbonyl (C=O) groups excluding carboxylic acids is 2. The van der Waals surface area contributed by atoms with E-state index in [9.17, 15) is 19.1 Å². The molecule has 0 radical (unpaired) electrons.